The van der Waals surface area contributed by atoms with Crippen LogP contribution in [-0.4, -0.2) is 20.2 Å². The molecule has 2 atom stereocenters. The first-order chi connectivity index (χ1) is 17.4. The quantitative estimate of drug-likeness (QED) is 0.233. The molecule has 2 aromatic heterocycles. The van der Waals surface area contributed by atoms with Gasteiger partial charge in [-0.1, -0.05) is 83.0 Å². The van der Waals surface area contributed by atoms with Crippen molar-refractivity contribution in [2.75, 3.05) is 0 Å². The summed E-state index contributed by atoms with van der Waals surface area (Å²) in [5, 5.41) is 22.0. The molecule has 0 aliphatic heterocycles. The van der Waals surface area contributed by atoms with Gasteiger partial charge in [0.2, 0.25) is 0 Å². The summed E-state index contributed by atoms with van der Waals surface area (Å²) in [6.45, 7) is 6.25. The molecule has 0 saturated heterocycles. The number of hydrogen-bond donors (Lipinski definition) is 4. The highest BCUT2D eigenvalue weighted by Crippen LogP contribution is 2.38. The van der Waals surface area contributed by atoms with Crippen molar-refractivity contribution < 1.29 is 10.2 Å². The summed E-state index contributed by atoms with van der Waals surface area (Å²) in [5.74, 6) is -0.0210. The number of rotatable bonds is 7. The lowest BCUT2D eigenvalue weighted by Crippen LogP contribution is -2.10. The molecule has 0 amide bonds. The van der Waals surface area contributed by atoms with Gasteiger partial charge < -0.3 is 20.2 Å². The number of hydrogen-bond acceptors (Lipinski definition) is 2. The van der Waals surface area contributed by atoms with Crippen LogP contribution >= 0.6 is 0 Å². The Morgan fingerprint density at radius 3 is 1.42 bits per heavy atom. The fraction of sp³-hybridized carbons (Fsp3) is 0.250. The van der Waals surface area contributed by atoms with Gasteiger partial charge in [-0.05, 0) is 69.0 Å². The molecule has 1 aliphatic rings. The van der Waals surface area contributed by atoms with Gasteiger partial charge in [0, 0.05) is 22.8 Å². The number of aromatic nitrogens is 2. The Labute approximate surface area is 213 Å². The lowest BCUT2D eigenvalue weighted by molar-refractivity contribution is 0.216. The van der Waals surface area contributed by atoms with E-state index in [-0.39, 0.29) is 5.92 Å². The molecule has 4 nitrogen and oxygen atoms in total. The fourth-order valence-corrected chi connectivity index (χ4v) is 4.94. The molecular formula is C32H34N2O2. The second-order valence-corrected chi connectivity index (χ2v) is 10.1. The van der Waals surface area contributed by atoms with E-state index >= 15 is 0 Å². The number of allylic oxidation sites excluding steroid dienone is 4. The van der Waals surface area contributed by atoms with Crippen LogP contribution in [0.3, 0.4) is 0 Å². The highest BCUT2D eigenvalue weighted by Gasteiger charge is 2.25. The van der Waals surface area contributed by atoms with Crippen molar-refractivity contribution in [3.05, 3.63) is 141 Å². The van der Waals surface area contributed by atoms with Crippen LogP contribution in [0, 0.1) is 13.8 Å². The molecule has 2 unspecified atom stereocenters. The maximum atomic E-state index is 11.0. The van der Waals surface area contributed by atoms with Crippen LogP contribution in [0.1, 0.15) is 82.9 Å². The van der Waals surface area contributed by atoms with E-state index in [1.165, 1.54) is 22.3 Å². The fourth-order valence-electron chi connectivity index (χ4n) is 4.94. The van der Waals surface area contributed by atoms with Crippen LogP contribution in [0.5, 0.6) is 0 Å². The Bertz CT molecular complexity index is 1300. The minimum absolute atomic E-state index is 0.0210. The number of H-pyrrole nitrogens is 2. The lowest BCUT2D eigenvalue weighted by Gasteiger charge is -2.22. The van der Waals surface area contributed by atoms with Gasteiger partial charge in [-0.25, -0.2) is 0 Å². The summed E-state index contributed by atoms with van der Waals surface area (Å²) in [4.78, 5) is 7.03. The van der Waals surface area contributed by atoms with E-state index < -0.39 is 12.2 Å². The number of aromatic amines is 2. The average Bonchev–Trinajstić information content (AvgIpc) is 3.56. The number of aliphatic hydroxyl groups is 2. The van der Waals surface area contributed by atoms with Crippen LogP contribution in [0.25, 0.3) is 0 Å². The summed E-state index contributed by atoms with van der Waals surface area (Å²) in [7, 11) is 0. The van der Waals surface area contributed by atoms with Crippen molar-refractivity contribution >= 4 is 0 Å². The Hall–Kier alpha value is -3.60. The van der Waals surface area contributed by atoms with Crippen molar-refractivity contribution in [3.8, 4) is 0 Å². The maximum Gasteiger partial charge on any atom is 0.119 e. The van der Waals surface area contributed by atoms with E-state index in [2.05, 4.69) is 41.2 Å². The van der Waals surface area contributed by atoms with E-state index in [1.807, 2.05) is 74.5 Å². The average molecular weight is 479 g/mol. The molecule has 5 rings (SSSR count). The summed E-state index contributed by atoms with van der Waals surface area (Å²) in [5.41, 5.74) is 10.3. The molecule has 2 heterocycles. The van der Waals surface area contributed by atoms with Crippen molar-refractivity contribution in [2.45, 2.75) is 51.7 Å². The smallest absolute Gasteiger partial charge is 0.119 e. The molecule has 0 spiro atoms. The van der Waals surface area contributed by atoms with Gasteiger partial charge in [-0.2, -0.15) is 0 Å². The standard InChI is InChI=1S/C32H34N2O2/c1-20-4-10-23(11-5-20)30(26-16-18-28(33-26)31(35)24-12-6-21(2)7-13-24)27-17-19-29(34-27)32(36)25-14-8-22(3)9-15-25/h4,6-10,12-19,30-36H,5,11H2,1-3H3. The van der Waals surface area contributed by atoms with E-state index in [9.17, 15) is 10.2 Å². The van der Waals surface area contributed by atoms with Gasteiger partial charge in [0.1, 0.15) is 12.2 Å². The third-order valence-corrected chi connectivity index (χ3v) is 7.22. The van der Waals surface area contributed by atoms with Gasteiger partial charge in [0.05, 0.1) is 5.92 Å². The number of nitrogens with one attached hydrogen (secondary N) is 2. The van der Waals surface area contributed by atoms with Gasteiger partial charge in [-0.3, -0.25) is 0 Å². The summed E-state index contributed by atoms with van der Waals surface area (Å²) in [6, 6.07) is 24.1. The topological polar surface area (TPSA) is 72.0 Å². The van der Waals surface area contributed by atoms with Gasteiger partial charge >= 0.3 is 0 Å². The molecule has 4 aromatic rings. The zero-order valence-electron chi connectivity index (χ0n) is 21.1. The van der Waals surface area contributed by atoms with Gasteiger partial charge in [0.25, 0.3) is 0 Å². The van der Waals surface area contributed by atoms with Crippen molar-refractivity contribution in [1.82, 2.24) is 9.97 Å². The number of aryl methyl sites for hydroxylation is 2. The van der Waals surface area contributed by atoms with Gasteiger partial charge in [0.15, 0.2) is 0 Å². The molecule has 4 heteroatoms. The molecular weight excluding hydrogens is 444 g/mol. The molecule has 0 fully saturated rings. The van der Waals surface area contributed by atoms with Crippen molar-refractivity contribution in [1.29, 1.82) is 0 Å². The zero-order valence-corrected chi connectivity index (χ0v) is 21.1. The number of aliphatic hydroxyl groups excluding tert-OH is 2. The van der Waals surface area contributed by atoms with E-state index in [1.54, 1.807) is 0 Å². The molecule has 2 aromatic carbocycles. The van der Waals surface area contributed by atoms with Gasteiger partial charge in [-0.15, -0.1) is 0 Å². The number of benzene rings is 2. The van der Waals surface area contributed by atoms with E-state index in [4.69, 9.17) is 0 Å². The molecule has 184 valence electrons. The molecule has 36 heavy (non-hydrogen) atoms. The molecule has 0 saturated carbocycles. The van der Waals surface area contributed by atoms with Crippen LogP contribution in [0.4, 0.5) is 0 Å². The largest absolute Gasteiger partial charge is 0.382 e. The lowest BCUT2D eigenvalue weighted by atomic mass is 9.85. The second-order valence-electron chi connectivity index (χ2n) is 10.1. The highest BCUT2D eigenvalue weighted by molar-refractivity contribution is 5.42. The zero-order chi connectivity index (χ0) is 25.2. The predicted octanol–water partition coefficient (Wildman–Crippen LogP) is 6.92. The minimum atomic E-state index is -0.718. The Morgan fingerprint density at radius 2 is 1.00 bits per heavy atom. The first-order valence-corrected chi connectivity index (χ1v) is 12.6. The third kappa shape index (κ3) is 5.01. The Kier molecular flexibility index (Phi) is 6.82. The minimum Gasteiger partial charge on any atom is -0.382 e. The Balaban J connectivity index is 1.48. The summed E-state index contributed by atoms with van der Waals surface area (Å²) >= 11 is 0. The first-order valence-electron chi connectivity index (χ1n) is 12.6. The van der Waals surface area contributed by atoms with Crippen LogP contribution in [0.15, 0.2) is 96.1 Å². The summed E-state index contributed by atoms with van der Waals surface area (Å²) in [6.07, 6.45) is 4.98. The SMILES string of the molecule is CC1=CC=C(C(c2ccc(C(O)c3ccc(C)cc3)[nH]2)c2ccc(C(O)c3ccc(C)cc3)[nH]2)CC1. The van der Waals surface area contributed by atoms with E-state index in [0.717, 1.165) is 46.7 Å². The van der Waals surface area contributed by atoms with E-state index in [0.29, 0.717) is 0 Å². The van der Waals surface area contributed by atoms with Crippen LogP contribution in [-0.2, 0) is 0 Å². The molecule has 1 aliphatic carbocycles. The normalized spacial score (nSPS) is 16.2. The Morgan fingerprint density at radius 1 is 0.556 bits per heavy atom. The highest BCUT2D eigenvalue weighted by atomic mass is 16.3. The maximum absolute atomic E-state index is 11.0. The monoisotopic (exact) mass is 478 g/mol. The summed E-state index contributed by atoms with van der Waals surface area (Å²) < 4.78 is 0. The molecule has 0 radical (unpaired) electrons. The third-order valence-electron chi connectivity index (χ3n) is 7.22. The van der Waals surface area contributed by atoms with Crippen LogP contribution in [0.2, 0.25) is 0 Å². The second kappa shape index (κ2) is 10.2. The predicted molar refractivity (Wildman–Crippen MR) is 145 cm³/mol. The van der Waals surface area contributed by atoms with Crippen LogP contribution < -0.4 is 0 Å². The van der Waals surface area contributed by atoms with Crippen molar-refractivity contribution in [3.63, 3.8) is 0 Å². The molecule has 0 bridgehead atoms. The first kappa shape index (κ1) is 24.1. The molecule has 4 N–H and O–H groups in total. The van der Waals surface area contributed by atoms with Crippen molar-refractivity contribution in [2.24, 2.45) is 0 Å².